The van der Waals surface area contributed by atoms with Gasteiger partial charge in [-0.15, -0.1) is 23.1 Å². The maximum atomic E-state index is 13.6. The van der Waals surface area contributed by atoms with Crippen LogP contribution in [0.3, 0.4) is 0 Å². The molecule has 2 unspecified atom stereocenters. The van der Waals surface area contributed by atoms with E-state index in [2.05, 4.69) is 15.6 Å². The number of anilines is 1. The zero-order valence-electron chi connectivity index (χ0n) is 25.6. The van der Waals surface area contributed by atoms with E-state index in [-0.39, 0.29) is 17.5 Å². The molecule has 10 nitrogen and oxygen atoms in total. The van der Waals surface area contributed by atoms with Crippen molar-refractivity contribution in [2.75, 3.05) is 11.1 Å². The minimum absolute atomic E-state index is 0.169. The van der Waals surface area contributed by atoms with Crippen molar-refractivity contribution in [3.8, 4) is 0 Å². The number of hydrogen-bond acceptors (Lipinski definition) is 9. The van der Waals surface area contributed by atoms with E-state index < -0.39 is 41.1 Å². The SMILES string of the molecule is CC(C)(C)OC(=O)Nc1nc(/C(=C/C2CC2)C(=O)NC2C(=O)N3C(C(=O)OC(c4ccccc4)c4ccccc4)=CCSC23)cs1. The van der Waals surface area contributed by atoms with E-state index in [1.165, 1.54) is 28.0 Å². The summed E-state index contributed by atoms with van der Waals surface area (Å²) >= 11 is 2.64. The van der Waals surface area contributed by atoms with Gasteiger partial charge in [0.2, 0.25) is 0 Å². The van der Waals surface area contributed by atoms with Gasteiger partial charge in [0.05, 0.1) is 11.3 Å². The summed E-state index contributed by atoms with van der Waals surface area (Å²) in [6.07, 6.45) is 4.19. The number of allylic oxidation sites excluding steroid dienone is 1. The van der Waals surface area contributed by atoms with E-state index >= 15 is 0 Å². The van der Waals surface area contributed by atoms with Crippen molar-refractivity contribution in [2.45, 2.75) is 56.7 Å². The fraction of sp³-hybridized carbons (Fsp3) is 0.324. The van der Waals surface area contributed by atoms with Crippen molar-refractivity contribution in [1.29, 1.82) is 0 Å². The monoisotopic (exact) mass is 658 g/mol. The molecule has 3 heterocycles. The van der Waals surface area contributed by atoms with Gasteiger partial charge >= 0.3 is 12.1 Å². The molecular formula is C34H34N4O6S2. The standard InChI is InChI=1S/C34H34N4O6S2/c1-34(2,3)44-33(42)37-32-35-24(19-46-32)23(18-20-14-15-20)28(39)36-26-29(40)38-25(16-17-45-30(26)38)31(41)43-27(21-10-6-4-7-11-21)22-12-8-5-9-13-22/h4-13,16,18-20,26-27,30H,14-15,17H2,1-3H3,(H,36,39)(H,35,37,42)/b23-18-. The third-order valence-corrected chi connectivity index (χ3v) is 9.37. The summed E-state index contributed by atoms with van der Waals surface area (Å²) < 4.78 is 11.3. The molecule has 46 heavy (non-hydrogen) atoms. The summed E-state index contributed by atoms with van der Waals surface area (Å²) in [5.74, 6) is -0.715. The van der Waals surface area contributed by atoms with E-state index in [0.29, 0.717) is 22.2 Å². The molecule has 1 aliphatic carbocycles. The van der Waals surface area contributed by atoms with Crippen molar-refractivity contribution in [3.05, 3.63) is 101 Å². The number of β-lactam (4-membered cyclic amide) rings is 1. The van der Waals surface area contributed by atoms with Crippen molar-refractivity contribution in [2.24, 2.45) is 5.92 Å². The van der Waals surface area contributed by atoms with E-state index in [9.17, 15) is 19.2 Å². The number of carbonyl (C=O) groups is 4. The number of hydrogen-bond donors (Lipinski definition) is 2. The Bertz CT molecular complexity index is 1660. The summed E-state index contributed by atoms with van der Waals surface area (Å²) in [6.45, 7) is 5.30. The first-order valence-electron chi connectivity index (χ1n) is 15.0. The van der Waals surface area contributed by atoms with Gasteiger partial charge in [0, 0.05) is 11.1 Å². The predicted octanol–water partition coefficient (Wildman–Crippen LogP) is 5.90. The van der Waals surface area contributed by atoms with E-state index in [0.717, 1.165) is 24.0 Å². The lowest BCUT2D eigenvalue weighted by Crippen LogP contribution is -2.70. The molecule has 3 aliphatic rings. The Kier molecular flexibility index (Phi) is 9.01. The van der Waals surface area contributed by atoms with Gasteiger partial charge in [0.1, 0.15) is 22.7 Å². The minimum Gasteiger partial charge on any atom is -0.448 e. The molecule has 2 aliphatic heterocycles. The number of carbonyl (C=O) groups excluding carboxylic acids is 4. The van der Waals surface area contributed by atoms with Gasteiger partial charge in [-0.1, -0.05) is 66.7 Å². The molecule has 3 aromatic rings. The number of thiazole rings is 1. The van der Waals surface area contributed by atoms with Crippen LogP contribution >= 0.6 is 23.1 Å². The average molecular weight is 659 g/mol. The number of nitrogens with one attached hydrogen (secondary N) is 2. The van der Waals surface area contributed by atoms with E-state index in [4.69, 9.17) is 9.47 Å². The van der Waals surface area contributed by atoms with Crippen LogP contribution in [0.1, 0.15) is 56.5 Å². The molecule has 3 amide bonds. The molecule has 0 radical (unpaired) electrons. The van der Waals surface area contributed by atoms with Gasteiger partial charge in [-0.3, -0.25) is 19.8 Å². The highest BCUT2D eigenvalue weighted by Gasteiger charge is 2.53. The summed E-state index contributed by atoms with van der Waals surface area (Å²) in [6, 6.07) is 18.1. The molecule has 1 saturated heterocycles. The van der Waals surface area contributed by atoms with Crippen LogP contribution in [-0.2, 0) is 23.9 Å². The van der Waals surface area contributed by atoms with Gasteiger partial charge in [0.15, 0.2) is 11.2 Å². The number of rotatable bonds is 9. The Balaban J connectivity index is 1.14. The topological polar surface area (TPSA) is 127 Å². The van der Waals surface area contributed by atoms with Crippen LogP contribution < -0.4 is 10.6 Å². The lowest BCUT2D eigenvalue weighted by molar-refractivity contribution is -0.154. The van der Waals surface area contributed by atoms with Gasteiger partial charge in [-0.2, -0.15) is 0 Å². The van der Waals surface area contributed by atoms with Crippen LogP contribution in [0.4, 0.5) is 9.93 Å². The molecule has 2 N–H and O–H groups in total. The number of fused-ring (bicyclic) bond motifs is 1. The highest BCUT2D eigenvalue weighted by atomic mass is 32.2. The largest absolute Gasteiger partial charge is 0.448 e. The molecule has 0 spiro atoms. The molecule has 1 aromatic heterocycles. The first kappa shape index (κ1) is 31.6. The molecule has 1 saturated carbocycles. The van der Waals surface area contributed by atoms with Crippen molar-refractivity contribution < 1.29 is 28.7 Å². The number of esters is 1. The predicted molar refractivity (Wildman–Crippen MR) is 177 cm³/mol. The van der Waals surface area contributed by atoms with Gasteiger partial charge in [-0.25, -0.2) is 14.6 Å². The van der Waals surface area contributed by atoms with Gasteiger partial charge in [0.25, 0.3) is 11.8 Å². The fourth-order valence-corrected chi connectivity index (χ4v) is 7.01. The molecular weight excluding hydrogens is 625 g/mol. The Hall–Kier alpha value is -4.42. The summed E-state index contributed by atoms with van der Waals surface area (Å²) in [5.41, 5.74) is 1.86. The van der Waals surface area contributed by atoms with Crippen LogP contribution in [0.15, 0.2) is 83.9 Å². The lowest BCUT2D eigenvalue weighted by Gasteiger charge is -2.48. The maximum Gasteiger partial charge on any atom is 0.413 e. The van der Waals surface area contributed by atoms with Crippen molar-refractivity contribution >= 4 is 57.7 Å². The first-order valence-corrected chi connectivity index (χ1v) is 16.9. The quantitative estimate of drug-likeness (QED) is 0.165. The molecule has 2 aromatic carbocycles. The second-order valence-electron chi connectivity index (χ2n) is 12.2. The van der Waals surface area contributed by atoms with Crippen LogP contribution in [-0.4, -0.2) is 56.5 Å². The summed E-state index contributed by atoms with van der Waals surface area (Å²) in [5, 5.41) is 7.02. The van der Waals surface area contributed by atoms with Crippen molar-refractivity contribution in [1.82, 2.24) is 15.2 Å². The number of thioether (sulfide) groups is 1. The molecule has 12 heteroatoms. The fourth-order valence-electron chi connectivity index (χ4n) is 5.12. The molecule has 238 valence electrons. The third kappa shape index (κ3) is 7.18. The van der Waals surface area contributed by atoms with Crippen LogP contribution in [0, 0.1) is 5.92 Å². The normalized spacial score (nSPS) is 19.5. The molecule has 0 bridgehead atoms. The maximum absolute atomic E-state index is 13.6. The van der Waals surface area contributed by atoms with Crippen LogP contribution in [0.25, 0.3) is 5.57 Å². The molecule has 6 rings (SSSR count). The zero-order chi connectivity index (χ0) is 32.4. The number of nitrogens with zero attached hydrogens (tertiary/aromatic N) is 2. The number of aromatic nitrogens is 1. The van der Waals surface area contributed by atoms with Crippen LogP contribution in [0.2, 0.25) is 0 Å². The zero-order valence-corrected chi connectivity index (χ0v) is 27.2. The number of amides is 3. The number of ether oxygens (including phenoxy) is 2. The Morgan fingerprint density at radius 3 is 2.28 bits per heavy atom. The van der Waals surface area contributed by atoms with Gasteiger partial charge < -0.3 is 14.8 Å². The van der Waals surface area contributed by atoms with E-state index in [1.807, 2.05) is 66.7 Å². The summed E-state index contributed by atoms with van der Waals surface area (Å²) in [4.78, 5) is 58.7. The Labute approximate surface area is 275 Å². The highest BCUT2D eigenvalue weighted by Crippen LogP contribution is 2.40. The van der Waals surface area contributed by atoms with E-state index in [1.54, 1.807) is 32.2 Å². The first-order chi connectivity index (χ1) is 22.1. The smallest absolute Gasteiger partial charge is 0.413 e. The molecule has 2 atom stereocenters. The Morgan fingerprint density at radius 1 is 1.02 bits per heavy atom. The number of benzene rings is 2. The third-order valence-electron chi connectivity index (χ3n) is 7.43. The average Bonchev–Trinajstić information content (AvgIpc) is 3.75. The Morgan fingerprint density at radius 2 is 1.67 bits per heavy atom. The second-order valence-corrected chi connectivity index (χ2v) is 14.2. The van der Waals surface area contributed by atoms with Crippen LogP contribution in [0.5, 0.6) is 0 Å². The lowest BCUT2D eigenvalue weighted by atomic mass is 10.0. The van der Waals surface area contributed by atoms with Crippen molar-refractivity contribution in [3.63, 3.8) is 0 Å². The highest BCUT2D eigenvalue weighted by molar-refractivity contribution is 8.00. The van der Waals surface area contributed by atoms with Gasteiger partial charge in [-0.05, 0) is 56.7 Å². The second kappa shape index (κ2) is 13.1. The summed E-state index contributed by atoms with van der Waals surface area (Å²) in [7, 11) is 0. The molecule has 2 fully saturated rings. The minimum atomic E-state index is -0.825.